The Kier molecular flexibility index (Phi) is 5.28. The Morgan fingerprint density at radius 3 is 2.93 bits per heavy atom. The number of aromatic nitrogens is 1. The van der Waals surface area contributed by atoms with Gasteiger partial charge in [-0.05, 0) is 19.3 Å². The molecule has 0 spiro atoms. The van der Waals surface area contributed by atoms with Crippen LogP contribution in [0.1, 0.15) is 29.8 Å². The summed E-state index contributed by atoms with van der Waals surface area (Å²) in [6.07, 6.45) is 2.68. The Morgan fingerprint density at radius 2 is 2.33 bits per heavy atom. The minimum absolute atomic E-state index is 0.0275. The van der Waals surface area contributed by atoms with Crippen LogP contribution in [0.5, 0.6) is 0 Å². The van der Waals surface area contributed by atoms with Gasteiger partial charge in [0.05, 0.1) is 5.51 Å². The van der Waals surface area contributed by atoms with E-state index in [2.05, 4.69) is 4.98 Å². The highest BCUT2D eigenvalue weighted by Crippen LogP contribution is 2.05. The smallest absolute Gasteiger partial charge is 0.273 e. The minimum Gasteiger partial charge on any atom is -0.396 e. The predicted octanol–water partition coefficient (Wildman–Crippen LogP) is 1.38. The summed E-state index contributed by atoms with van der Waals surface area (Å²) >= 11 is 1.43. The summed E-state index contributed by atoms with van der Waals surface area (Å²) in [6, 6.07) is 0. The van der Waals surface area contributed by atoms with Gasteiger partial charge in [-0.2, -0.15) is 0 Å². The number of nitrogens with zero attached hydrogens (tertiary/aromatic N) is 2. The molecule has 1 N–H and O–H groups in total. The average molecular weight is 228 g/mol. The molecular formula is C10H16N2O2S. The molecule has 0 aliphatic carbocycles. The number of amides is 1. The van der Waals surface area contributed by atoms with E-state index in [1.807, 2.05) is 0 Å². The highest BCUT2D eigenvalue weighted by Gasteiger charge is 2.12. The van der Waals surface area contributed by atoms with E-state index >= 15 is 0 Å². The van der Waals surface area contributed by atoms with Crippen molar-refractivity contribution in [3.05, 3.63) is 16.6 Å². The second-order valence-electron chi connectivity index (χ2n) is 3.38. The fourth-order valence-corrected chi connectivity index (χ4v) is 1.78. The fraction of sp³-hybridized carbons (Fsp3) is 0.600. The lowest BCUT2D eigenvalue weighted by molar-refractivity contribution is 0.0787. The third kappa shape index (κ3) is 3.97. The molecule has 1 rings (SSSR count). The molecular weight excluding hydrogens is 212 g/mol. The summed E-state index contributed by atoms with van der Waals surface area (Å²) in [7, 11) is 1.78. The van der Waals surface area contributed by atoms with Gasteiger partial charge in [0.2, 0.25) is 0 Å². The number of rotatable bonds is 6. The predicted molar refractivity (Wildman–Crippen MR) is 60.0 cm³/mol. The number of unbranched alkanes of at least 4 members (excludes halogenated alkanes) is 2. The topological polar surface area (TPSA) is 53.4 Å². The van der Waals surface area contributed by atoms with Crippen LogP contribution >= 0.6 is 11.3 Å². The maximum atomic E-state index is 11.7. The van der Waals surface area contributed by atoms with Gasteiger partial charge in [-0.1, -0.05) is 0 Å². The van der Waals surface area contributed by atoms with Crippen LogP contribution in [-0.4, -0.2) is 41.1 Å². The molecule has 0 unspecified atom stereocenters. The van der Waals surface area contributed by atoms with E-state index in [1.54, 1.807) is 22.8 Å². The van der Waals surface area contributed by atoms with Crippen molar-refractivity contribution in [3.8, 4) is 0 Å². The van der Waals surface area contributed by atoms with Crippen molar-refractivity contribution in [2.24, 2.45) is 0 Å². The standard InChI is InChI=1S/C10H16N2O2S/c1-12(5-3-2-4-6-13)10(14)9-7-15-8-11-9/h7-8,13H,2-6H2,1H3. The lowest BCUT2D eigenvalue weighted by atomic mass is 10.2. The van der Waals surface area contributed by atoms with Crippen LogP contribution in [0, 0.1) is 0 Å². The maximum Gasteiger partial charge on any atom is 0.273 e. The maximum absolute atomic E-state index is 11.7. The van der Waals surface area contributed by atoms with Crippen molar-refractivity contribution < 1.29 is 9.90 Å². The summed E-state index contributed by atoms with van der Waals surface area (Å²) in [5.74, 6) is -0.0275. The SMILES string of the molecule is CN(CCCCCO)C(=O)c1cscn1. The van der Waals surface area contributed by atoms with Crippen LogP contribution < -0.4 is 0 Å². The molecule has 0 aromatic carbocycles. The molecule has 0 aliphatic rings. The first-order chi connectivity index (χ1) is 7.25. The highest BCUT2D eigenvalue weighted by atomic mass is 32.1. The second kappa shape index (κ2) is 6.53. The van der Waals surface area contributed by atoms with E-state index < -0.39 is 0 Å². The number of carbonyl (C=O) groups excluding carboxylic acids is 1. The van der Waals surface area contributed by atoms with E-state index in [0.717, 1.165) is 25.8 Å². The van der Waals surface area contributed by atoms with Crippen LogP contribution in [0.4, 0.5) is 0 Å². The molecule has 1 aromatic rings. The van der Waals surface area contributed by atoms with E-state index in [0.29, 0.717) is 5.69 Å². The Morgan fingerprint density at radius 1 is 1.53 bits per heavy atom. The zero-order valence-corrected chi connectivity index (χ0v) is 9.66. The molecule has 0 radical (unpaired) electrons. The van der Waals surface area contributed by atoms with E-state index in [9.17, 15) is 4.79 Å². The monoisotopic (exact) mass is 228 g/mol. The zero-order valence-electron chi connectivity index (χ0n) is 8.85. The van der Waals surface area contributed by atoms with Crippen molar-refractivity contribution in [3.63, 3.8) is 0 Å². The first-order valence-electron chi connectivity index (χ1n) is 5.00. The second-order valence-corrected chi connectivity index (χ2v) is 4.10. The largest absolute Gasteiger partial charge is 0.396 e. The molecule has 0 saturated heterocycles. The van der Waals surface area contributed by atoms with Gasteiger partial charge in [0.15, 0.2) is 0 Å². The molecule has 15 heavy (non-hydrogen) atoms. The van der Waals surface area contributed by atoms with Crippen molar-refractivity contribution in [2.45, 2.75) is 19.3 Å². The summed E-state index contributed by atoms with van der Waals surface area (Å²) in [4.78, 5) is 17.3. The fourth-order valence-electron chi connectivity index (χ4n) is 1.25. The van der Waals surface area contributed by atoms with Crippen molar-refractivity contribution in [1.29, 1.82) is 0 Å². The Balaban J connectivity index is 2.28. The van der Waals surface area contributed by atoms with E-state index in [-0.39, 0.29) is 12.5 Å². The molecule has 1 amide bonds. The van der Waals surface area contributed by atoms with Crippen LogP contribution in [0.25, 0.3) is 0 Å². The lowest BCUT2D eigenvalue weighted by Crippen LogP contribution is -2.27. The average Bonchev–Trinajstić information content (AvgIpc) is 2.76. The van der Waals surface area contributed by atoms with Gasteiger partial charge in [0, 0.05) is 25.6 Å². The number of thiazole rings is 1. The number of aliphatic hydroxyl groups excluding tert-OH is 1. The number of hydrogen-bond acceptors (Lipinski definition) is 4. The van der Waals surface area contributed by atoms with Gasteiger partial charge >= 0.3 is 0 Å². The normalized spacial score (nSPS) is 10.3. The number of aliphatic hydroxyl groups is 1. The molecule has 0 aliphatic heterocycles. The van der Waals surface area contributed by atoms with Crippen molar-refractivity contribution in [1.82, 2.24) is 9.88 Å². The van der Waals surface area contributed by atoms with Gasteiger partial charge in [-0.15, -0.1) is 11.3 Å². The number of carbonyl (C=O) groups is 1. The van der Waals surface area contributed by atoms with E-state index in [4.69, 9.17) is 5.11 Å². The van der Waals surface area contributed by atoms with Crippen molar-refractivity contribution in [2.75, 3.05) is 20.2 Å². The van der Waals surface area contributed by atoms with Gasteiger partial charge in [0.25, 0.3) is 5.91 Å². The van der Waals surface area contributed by atoms with Crippen LogP contribution in [0.2, 0.25) is 0 Å². The lowest BCUT2D eigenvalue weighted by Gasteiger charge is -2.15. The van der Waals surface area contributed by atoms with Gasteiger partial charge < -0.3 is 10.0 Å². The molecule has 0 atom stereocenters. The van der Waals surface area contributed by atoms with Crippen LogP contribution in [-0.2, 0) is 0 Å². The summed E-state index contributed by atoms with van der Waals surface area (Å²) in [6.45, 7) is 0.945. The number of hydrogen-bond donors (Lipinski definition) is 1. The summed E-state index contributed by atoms with van der Waals surface area (Å²) in [5, 5.41) is 10.4. The summed E-state index contributed by atoms with van der Waals surface area (Å²) < 4.78 is 0. The molecule has 0 saturated carbocycles. The Bertz CT molecular complexity index is 288. The third-order valence-corrected chi connectivity index (χ3v) is 2.74. The van der Waals surface area contributed by atoms with Crippen molar-refractivity contribution >= 4 is 17.2 Å². The highest BCUT2D eigenvalue weighted by molar-refractivity contribution is 7.07. The van der Waals surface area contributed by atoms with Crippen LogP contribution in [0.15, 0.2) is 10.9 Å². The zero-order chi connectivity index (χ0) is 11.1. The van der Waals surface area contributed by atoms with Gasteiger partial charge in [-0.25, -0.2) is 4.98 Å². The molecule has 84 valence electrons. The van der Waals surface area contributed by atoms with Gasteiger partial charge in [0.1, 0.15) is 5.69 Å². The minimum atomic E-state index is -0.0275. The molecule has 0 bridgehead atoms. The molecule has 5 heteroatoms. The quantitative estimate of drug-likeness (QED) is 0.748. The summed E-state index contributed by atoms with van der Waals surface area (Å²) in [5.41, 5.74) is 2.18. The third-order valence-electron chi connectivity index (χ3n) is 2.15. The molecule has 4 nitrogen and oxygen atoms in total. The molecule has 1 aromatic heterocycles. The van der Waals surface area contributed by atoms with Crippen LogP contribution in [0.3, 0.4) is 0 Å². The molecule has 0 fully saturated rings. The Hall–Kier alpha value is -0.940. The first-order valence-corrected chi connectivity index (χ1v) is 5.94. The Labute approximate surface area is 93.6 Å². The first kappa shape index (κ1) is 12.1. The molecule has 1 heterocycles. The van der Waals surface area contributed by atoms with Gasteiger partial charge in [-0.3, -0.25) is 4.79 Å². The van der Waals surface area contributed by atoms with E-state index in [1.165, 1.54) is 11.3 Å².